The third-order valence-electron chi connectivity index (χ3n) is 4.38. The first kappa shape index (κ1) is 21.8. The summed E-state index contributed by atoms with van der Waals surface area (Å²) in [5, 5.41) is 21.5. The lowest BCUT2D eigenvalue weighted by molar-refractivity contribution is -0.123. The molecule has 0 bridgehead atoms. The maximum atomic E-state index is 13.0. The summed E-state index contributed by atoms with van der Waals surface area (Å²) in [5.74, 6) is -1.26. The third-order valence-corrected chi connectivity index (χ3v) is 5.76. The number of amides is 2. The highest BCUT2D eigenvalue weighted by Crippen LogP contribution is 2.32. The lowest BCUT2D eigenvalue weighted by atomic mass is 10.1. The van der Waals surface area contributed by atoms with Gasteiger partial charge in [0.1, 0.15) is 10.1 Å². The first-order valence-corrected chi connectivity index (χ1v) is 10.3. The summed E-state index contributed by atoms with van der Waals surface area (Å²) in [5.41, 5.74) is 1.46. The van der Waals surface area contributed by atoms with Gasteiger partial charge in [-0.2, -0.15) is 0 Å². The number of benzene rings is 2. The fourth-order valence-electron chi connectivity index (χ4n) is 2.78. The average Bonchev–Trinajstić information content (AvgIpc) is 2.97. The molecule has 0 spiro atoms. The molecule has 1 heterocycles. The molecule has 0 aliphatic carbocycles. The molecule has 2 aromatic carbocycles. The van der Waals surface area contributed by atoms with Gasteiger partial charge in [0, 0.05) is 19.5 Å². The Labute approximate surface area is 182 Å². The van der Waals surface area contributed by atoms with E-state index in [1.54, 1.807) is 24.3 Å². The molecule has 3 rings (SSSR count). The molecule has 2 aromatic rings. The van der Waals surface area contributed by atoms with E-state index in [2.05, 4.69) is 5.32 Å². The number of rotatable bonds is 7. The van der Waals surface area contributed by atoms with Gasteiger partial charge in [-0.15, -0.1) is 0 Å². The Bertz CT molecular complexity index is 1010. The standard InChI is InChI=1S/C21H19FN2O4S2/c22-15-4-1-13(2-5-15)12-18-20(28)24(21(29)30-18)10-8-19(27)23-9-7-14-3-6-16(25)17(26)11-14/h1-6,11-12,25-26H,7-10H2,(H,23,27). The molecule has 2 amide bonds. The van der Waals surface area contributed by atoms with Crippen molar-refractivity contribution < 1.29 is 24.2 Å². The van der Waals surface area contributed by atoms with Crippen molar-refractivity contribution in [2.75, 3.05) is 13.1 Å². The number of thioether (sulfide) groups is 1. The van der Waals surface area contributed by atoms with Gasteiger partial charge >= 0.3 is 0 Å². The highest BCUT2D eigenvalue weighted by molar-refractivity contribution is 8.26. The Balaban J connectivity index is 1.48. The molecule has 0 saturated carbocycles. The van der Waals surface area contributed by atoms with Gasteiger partial charge in [0.05, 0.1) is 4.91 Å². The van der Waals surface area contributed by atoms with E-state index in [4.69, 9.17) is 12.2 Å². The van der Waals surface area contributed by atoms with Crippen LogP contribution in [-0.2, 0) is 16.0 Å². The van der Waals surface area contributed by atoms with Crippen molar-refractivity contribution in [2.45, 2.75) is 12.8 Å². The Morgan fingerprint density at radius 2 is 1.90 bits per heavy atom. The molecular weight excluding hydrogens is 427 g/mol. The highest BCUT2D eigenvalue weighted by Gasteiger charge is 2.32. The van der Waals surface area contributed by atoms with E-state index >= 15 is 0 Å². The van der Waals surface area contributed by atoms with Gasteiger partial charge in [-0.25, -0.2) is 4.39 Å². The van der Waals surface area contributed by atoms with Crippen LogP contribution in [0.2, 0.25) is 0 Å². The highest BCUT2D eigenvalue weighted by atomic mass is 32.2. The fourth-order valence-corrected chi connectivity index (χ4v) is 4.08. The first-order valence-electron chi connectivity index (χ1n) is 9.12. The van der Waals surface area contributed by atoms with Crippen LogP contribution in [0.1, 0.15) is 17.5 Å². The normalized spacial score (nSPS) is 15.1. The zero-order valence-electron chi connectivity index (χ0n) is 15.8. The van der Waals surface area contributed by atoms with Crippen molar-refractivity contribution in [1.82, 2.24) is 10.2 Å². The summed E-state index contributed by atoms with van der Waals surface area (Å²) in [6, 6.07) is 10.3. The minimum Gasteiger partial charge on any atom is -0.504 e. The van der Waals surface area contributed by atoms with Crippen LogP contribution in [0.15, 0.2) is 47.4 Å². The van der Waals surface area contributed by atoms with E-state index in [0.717, 1.165) is 17.3 Å². The summed E-state index contributed by atoms with van der Waals surface area (Å²) < 4.78 is 13.4. The quantitative estimate of drug-likeness (QED) is 0.344. The van der Waals surface area contributed by atoms with E-state index in [1.807, 2.05) is 0 Å². The van der Waals surface area contributed by atoms with Crippen LogP contribution in [0.5, 0.6) is 11.5 Å². The molecule has 0 radical (unpaired) electrons. The van der Waals surface area contributed by atoms with Crippen LogP contribution in [-0.4, -0.2) is 44.3 Å². The SMILES string of the molecule is O=C(CCN1C(=O)C(=Cc2ccc(F)cc2)SC1=S)NCCc1ccc(O)c(O)c1. The topological polar surface area (TPSA) is 89.9 Å². The summed E-state index contributed by atoms with van der Waals surface area (Å²) in [7, 11) is 0. The summed E-state index contributed by atoms with van der Waals surface area (Å²) in [6.45, 7) is 0.517. The number of nitrogens with one attached hydrogen (secondary N) is 1. The number of aromatic hydroxyl groups is 2. The molecular formula is C21H19FN2O4S2. The molecule has 0 atom stereocenters. The number of hydrogen-bond acceptors (Lipinski definition) is 6. The van der Waals surface area contributed by atoms with Crippen molar-refractivity contribution >= 4 is 46.2 Å². The maximum Gasteiger partial charge on any atom is 0.266 e. The average molecular weight is 447 g/mol. The van der Waals surface area contributed by atoms with Crippen LogP contribution in [0.4, 0.5) is 4.39 Å². The van der Waals surface area contributed by atoms with Gasteiger partial charge < -0.3 is 15.5 Å². The van der Waals surface area contributed by atoms with Gasteiger partial charge in [-0.05, 0) is 47.9 Å². The summed E-state index contributed by atoms with van der Waals surface area (Å²) in [4.78, 5) is 26.5. The van der Waals surface area contributed by atoms with E-state index < -0.39 is 0 Å². The summed E-state index contributed by atoms with van der Waals surface area (Å²) >= 11 is 6.40. The second-order valence-electron chi connectivity index (χ2n) is 6.56. The molecule has 9 heteroatoms. The molecule has 0 aromatic heterocycles. The third kappa shape index (κ3) is 5.58. The fraction of sp³-hybridized carbons (Fsp3) is 0.190. The van der Waals surface area contributed by atoms with Crippen molar-refractivity contribution in [3.63, 3.8) is 0 Å². The van der Waals surface area contributed by atoms with Crippen LogP contribution in [0.3, 0.4) is 0 Å². The number of carbonyl (C=O) groups excluding carboxylic acids is 2. The number of thiocarbonyl (C=S) groups is 1. The molecule has 1 aliphatic heterocycles. The smallest absolute Gasteiger partial charge is 0.266 e. The maximum absolute atomic E-state index is 13.0. The van der Waals surface area contributed by atoms with Crippen molar-refractivity contribution in [3.8, 4) is 11.5 Å². The van der Waals surface area contributed by atoms with Crippen molar-refractivity contribution in [2.24, 2.45) is 0 Å². The molecule has 0 unspecified atom stereocenters. The zero-order valence-corrected chi connectivity index (χ0v) is 17.4. The van der Waals surface area contributed by atoms with Gasteiger partial charge in [0.25, 0.3) is 5.91 Å². The van der Waals surface area contributed by atoms with Gasteiger partial charge in [0.15, 0.2) is 11.5 Å². The number of phenolic OH excluding ortho intramolecular Hbond substituents is 2. The van der Waals surface area contributed by atoms with Crippen LogP contribution < -0.4 is 5.32 Å². The molecule has 30 heavy (non-hydrogen) atoms. The summed E-state index contributed by atoms with van der Waals surface area (Å²) in [6.07, 6.45) is 2.23. The monoisotopic (exact) mass is 446 g/mol. The number of phenols is 2. The molecule has 3 N–H and O–H groups in total. The van der Waals surface area contributed by atoms with E-state index in [0.29, 0.717) is 27.8 Å². The van der Waals surface area contributed by atoms with Gasteiger partial charge in [-0.3, -0.25) is 14.5 Å². The lowest BCUT2D eigenvalue weighted by Gasteiger charge is -2.14. The Morgan fingerprint density at radius 1 is 1.17 bits per heavy atom. The molecule has 1 fully saturated rings. The first-order chi connectivity index (χ1) is 14.3. The second kappa shape index (κ2) is 9.73. The van der Waals surface area contributed by atoms with E-state index in [1.165, 1.54) is 29.2 Å². The molecule has 1 aliphatic rings. The minimum atomic E-state index is -0.354. The Morgan fingerprint density at radius 3 is 2.60 bits per heavy atom. The molecule has 1 saturated heterocycles. The second-order valence-corrected chi connectivity index (χ2v) is 8.23. The molecule has 6 nitrogen and oxygen atoms in total. The number of carbonyl (C=O) groups is 2. The lowest BCUT2D eigenvalue weighted by Crippen LogP contribution is -2.34. The number of halogens is 1. The zero-order chi connectivity index (χ0) is 21.7. The van der Waals surface area contributed by atoms with Crippen LogP contribution in [0.25, 0.3) is 6.08 Å². The largest absolute Gasteiger partial charge is 0.504 e. The predicted octanol–water partition coefficient (Wildman–Crippen LogP) is 3.19. The van der Waals surface area contributed by atoms with Crippen LogP contribution in [0, 0.1) is 5.82 Å². The van der Waals surface area contributed by atoms with Gasteiger partial charge in [0.2, 0.25) is 5.91 Å². The Hall–Kier alpha value is -2.91. The molecule has 156 valence electrons. The minimum absolute atomic E-state index is 0.0943. The van der Waals surface area contributed by atoms with Gasteiger partial charge in [-0.1, -0.05) is 42.2 Å². The Kier molecular flexibility index (Phi) is 7.07. The van der Waals surface area contributed by atoms with Crippen molar-refractivity contribution in [1.29, 1.82) is 0 Å². The predicted molar refractivity (Wildman–Crippen MR) is 117 cm³/mol. The number of nitrogens with zero attached hydrogens (tertiary/aromatic N) is 1. The van der Waals surface area contributed by atoms with E-state index in [-0.39, 0.29) is 42.1 Å². The van der Waals surface area contributed by atoms with Crippen LogP contribution >= 0.6 is 24.0 Å². The van der Waals surface area contributed by atoms with E-state index in [9.17, 15) is 24.2 Å². The number of hydrogen-bond donors (Lipinski definition) is 3. The van der Waals surface area contributed by atoms with Crippen molar-refractivity contribution in [3.05, 3.63) is 64.3 Å².